The summed E-state index contributed by atoms with van der Waals surface area (Å²) < 4.78 is 1.65. The van der Waals surface area contributed by atoms with Crippen molar-refractivity contribution in [2.75, 3.05) is 18.8 Å². The third kappa shape index (κ3) is 5.72. The fourth-order valence-electron chi connectivity index (χ4n) is 3.78. The SMILES string of the molecule is Cc1cccc(Cc2c(C)nc(SCCCC(=O)N3CCCCC3)n(C)c2=O)c1. The van der Waals surface area contributed by atoms with Gasteiger partial charge < -0.3 is 4.90 Å². The number of benzene rings is 1. The Labute approximate surface area is 177 Å². The Balaban J connectivity index is 1.59. The maximum absolute atomic E-state index is 12.9. The van der Waals surface area contributed by atoms with Crippen LogP contribution in [0.15, 0.2) is 34.2 Å². The lowest BCUT2D eigenvalue weighted by Crippen LogP contribution is -2.35. The van der Waals surface area contributed by atoms with Crippen LogP contribution in [0.4, 0.5) is 0 Å². The Morgan fingerprint density at radius 3 is 2.66 bits per heavy atom. The fourth-order valence-corrected chi connectivity index (χ4v) is 4.73. The van der Waals surface area contributed by atoms with E-state index < -0.39 is 0 Å². The number of aromatic nitrogens is 2. The number of likely N-dealkylation sites (tertiary alicyclic amines) is 1. The van der Waals surface area contributed by atoms with E-state index in [0.29, 0.717) is 12.8 Å². The van der Waals surface area contributed by atoms with Crippen LogP contribution in [0.2, 0.25) is 0 Å². The smallest absolute Gasteiger partial charge is 0.257 e. The second-order valence-electron chi connectivity index (χ2n) is 7.88. The quantitative estimate of drug-likeness (QED) is 0.393. The van der Waals surface area contributed by atoms with Gasteiger partial charge in [-0.2, -0.15) is 0 Å². The van der Waals surface area contributed by atoms with Gasteiger partial charge in [-0.25, -0.2) is 4.98 Å². The average molecular weight is 414 g/mol. The molecular weight excluding hydrogens is 382 g/mol. The first kappa shape index (κ1) is 21.6. The molecule has 3 rings (SSSR count). The highest BCUT2D eigenvalue weighted by Crippen LogP contribution is 2.19. The van der Waals surface area contributed by atoms with E-state index in [0.717, 1.165) is 60.1 Å². The van der Waals surface area contributed by atoms with E-state index in [9.17, 15) is 9.59 Å². The molecule has 1 saturated heterocycles. The molecule has 2 heterocycles. The number of carbonyl (C=O) groups is 1. The van der Waals surface area contributed by atoms with E-state index in [1.165, 1.54) is 12.0 Å². The predicted molar refractivity (Wildman–Crippen MR) is 119 cm³/mol. The van der Waals surface area contributed by atoms with Crippen LogP contribution >= 0.6 is 11.8 Å². The molecule has 2 aromatic rings. The molecule has 156 valence electrons. The Morgan fingerprint density at radius 1 is 1.17 bits per heavy atom. The first-order chi connectivity index (χ1) is 14.0. The van der Waals surface area contributed by atoms with Crippen LogP contribution in [0.1, 0.15) is 54.5 Å². The molecule has 0 N–H and O–H groups in total. The molecule has 1 fully saturated rings. The van der Waals surface area contributed by atoms with Crippen LogP contribution in [-0.4, -0.2) is 39.2 Å². The van der Waals surface area contributed by atoms with Gasteiger partial charge in [-0.15, -0.1) is 0 Å². The highest BCUT2D eigenvalue weighted by atomic mass is 32.2. The molecule has 1 aromatic carbocycles. The van der Waals surface area contributed by atoms with Crippen molar-refractivity contribution in [3.05, 3.63) is 57.0 Å². The van der Waals surface area contributed by atoms with Gasteiger partial charge in [-0.05, 0) is 45.1 Å². The summed E-state index contributed by atoms with van der Waals surface area (Å²) in [6, 6.07) is 8.24. The summed E-state index contributed by atoms with van der Waals surface area (Å²) in [7, 11) is 1.79. The average Bonchev–Trinajstić information content (AvgIpc) is 2.72. The zero-order valence-corrected chi connectivity index (χ0v) is 18.6. The van der Waals surface area contributed by atoms with Gasteiger partial charge in [0.2, 0.25) is 5.91 Å². The van der Waals surface area contributed by atoms with Crippen molar-refractivity contribution in [2.45, 2.75) is 57.5 Å². The topological polar surface area (TPSA) is 55.2 Å². The largest absolute Gasteiger partial charge is 0.343 e. The lowest BCUT2D eigenvalue weighted by atomic mass is 10.0. The first-order valence-corrected chi connectivity index (χ1v) is 11.5. The molecule has 0 unspecified atom stereocenters. The Bertz CT molecular complexity index is 917. The molecule has 5 nitrogen and oxygen atoms in total. The first-order valence-electron chi connectivity index (χ1n) is 10.5. The fraction of sp³-hybridized carbons (Fsp3) is 0.522. The highest BCUT2D eigenvalue weighted by molar-refractivity contribution is 7.99. The molecule has 1 aliphatic heterocycles. The molecule has 0 radical (unpaired) electrons. The molecule has 0 bridgehead atoms. The lowest BCUT2D eigenvalue weighted by Gasteiger charge is -2.26. The number of thioether (sulfide) groups is 1. The Hall–Kier alpha value is -2.08. The predicted octanol–water partition coefficient (Wildman–Crippen LogP) is 3.87. The van der Waals surface area contributed by atoms with Crippen LogP contribution in [0.3, 0.4) is 0 Å². The minimum atomic E-state index is 0.0194. The van der Waals surface area contributed by atoms with Gasteiger partial charge in [-0.1, -0.05) is 41.6 Å². The van der Waals surface area contributed by atoms with Gasteiger partial charge in [0.25, 0.3) is 5.56 Å². The van der Waals surface area contributed by atoms with Crippen LogP contribution in [0.5, 0.6) is 0 Å². The molecule has 0 aliphatic carbocycles. The number of hydrogen-bond acceptors (Lipinski definition) is 4. The van der Waals surface area contributed by atoms with Crippen molar-refractivity contribution < 1.29 is 4.79 Å². The normalized spacial score (nSPS) is 14.2. The molecule has 0 spiro atoms. The van der Waals surface area contributed by atoms with Crippen LogP contribution in [-0.2, 0) is 18.3 Å². The molecule has 1 amide bonds. The van der Waals surface area contributed by atoms with Crippen LogP contribution in [0, 0.1) is 13.8 Å². The summed E-state index contributed by atoms with van der Waals surface area (Å²) in [5.41, 5.74) is 3.88. The Morgan fingerprint density at radius 2 is 1.93 bits per heavy atom. The molecule has 0 saturated carbocycles. The second-order valence-corrected chi connectivity index (χ2v) is 8.94. The molecule has 29 heavy (non-hydrogen) atoms. The van der Waals surface area contributed by atoms with Crippen molar-refractivity contribution in [1.29, 1.82) is 0 Å². The van der Waals surface area contributed by atoms with Crippen LogP contribution in [0.25, 0.3) is 0 Å². The van der Waals surface area contributed by atoms with Crippen molar-refractivity contribution in [2.24, 2.45) is 7.05 Å². The van der Waals surface area contributed by atoms with Gasteiger partial charge in [0, 0.05) is 50.0 Å². The summed E-state index contributed by atoms with van der Waals surface area (Å²) in [6.07, 6.45) is 5.47. The van der Waals surface area contributed by atoms with E-state index in [1.807, 2.05) is 24.0 Å². The number of amides is 1. The van der Waals surface area contributed by atoms with Gasteiger partial charge >= 0.3 is 0 Å². The third-order valence-corrected chi connectivity index (χ3v) is 6.60. The van der Waals surface area contributed by atoms with E-state index >= 15 is 0 Å². The van der Waals surface area contributed by atoms with Crippen LogP contribution < -0.4 is 5.56 Å². The number of aryl methyl sites for hydroxylation is 2. The maximum Gasteiger partial charge on any atom is 0.257 e. The minimum absolute atomic E-state index is 0.0194. The highest BCUT2D eigenvalue weighted by Gasteiger charge is 2.16. The number of carbonyl (C=O) groups excluding carboxylic acids is 1. The number of nitrogens with zero attached hydrogens (tertiary/aromatic N) is 3. The monoisotopic (exact) mass is 413 g/mol. The standard InChI is InChI=1S/C23H31N3O2S/c1-17-9-7-10-19(15-17)16-20-18(2)24-23(25(3)22(20)28)29-14-8-11-21(27)26-12-5-4-6-13-26/h7,9-10,15H,4-6,8,11-14,16H2,1-3H3. The van der Waals surface area contributed by atoms with E-state index in [-0.39, 0.29) is 11.5 Å². The van der Waals surface area contributed by atoms with Gasteiger partial charge in [0.05, 0.1) is 0 Å². The summed E-state index contributed by atoms with van der Waals surface area (Å²) in [6.45, 7) is 5.78. The summed E-state index contributed by atoms with van der Waals surface area (Å²) in [5, 5.41) is 0.728. The van der Waals surface area contributed by atoms with Crippen molar-refractivity contribution in [1.82, 2.24) is 14.5 Å². The lowest BCUT2D eigenvalue weighted by molar-refractivity contribution is -0.132. The molecule has 6 heteroatoms. The second kappa shape index (κ2) is 10.1. The van der Waals surface area contributed by atoms with Crippen molar-refractivity contribution in [3.8, 4) is 0 Å². The zero-order chi connectivity index (χ0) is 20.8. The summed E-state index contributed by atoms with van der Waals surface area (Å²) in [4.78, 5) is 31.9. The van der Waals surface area contributed by atoms with Gasteiger partial charge in [0.15, 0.2) is 5.16 Å². The van der Waals surface area contributed by atoms with Crippen molar-refractivity contribution >= 4 is 17.7 Å². The van der Waals surface area contributed by atoms with Gasteiger partial charge in [0.1, 0.15) is 0 Å². The van der Waals surface area contributed by atoms with Crippen molar-refractivity contribution in [3.63, 3.8) is 0 Å². The number of hydrogen-bond donors (Lipinski definition) is 0. The number of rotatable bonds is 7. The summed E-state index contributed by atoms with van der Waals surface area (Å²) >= 11 is 1.56. The zero-order valence-electron chi connectivity index (χ0n) is 17.7. The van der Waals surface area contributed by atoms with E-state index in [4.69, 9.17) is 0 Å². The third-order valence-electron chi connectivity index (χ3n) is 5.49. The molecule has 1 aromatic heterocycles. The molecular formula is C23H31N3O2S. The number of piperidine rings is 1. The maximum atomic E-state index is 12.9. The molecule has 0 atom stereocenters. The minimum Gasteiger partial charge on any atom is -0.343 e. The summed E-state index contributed by atoms with van der Waals surface area (Å²) in [5.74, 6) is 1.05. The van der Waals surface area contributed by atoms with E-state index in [1.54, 1.807) is 23.4 Å². The Kier molecular flexibility index (Phi) is 7.53. The van der Waals surface area contributed by atoms with Gasteiger partial charge in [-0.3, -0.25) is 14.2 Å². The van der Waals surface area contributed by atoms with E-state index in [2.05, 4.69) is 24.0 Å². The molecule has 1 aliphatic rings.